The van der Waals surface area contributed by atoms with Crippen LogP contribution in [0.3, 0.4) is 0 Å². The van der Waals surface area contributed by atoms with Gasteiger partial charge in [-0.2, -0.15) is 5.10 Å². The van der Waals surface area contributed by atoms with Crippen LogP contribution in [0.4, 0.5) is 5.82 Å². The number of hydrogen-bond donors (Lipinski definition) is 2. The summed E-state index contributed by atoms with van der Waals surface area (Å²) in [5, 5.41) is 6.81. The van der Waals surface area contributed by atoms with Crippen molar-refractivity contribution >= 4 is 25.4 Å². The van der Waals surface area contributed by atoms with Gasteiger partial charge in [-0.05, 0) is 32.3 Å². The number of imidazole rings is 1. The molecule has 0 aliphatic heterocycles. The van der Waals surface area contributed by atoms with Crippen molar-refractivity contribution in [2.75, 3.05) is 12.1 Å². The maximum absolute atomic E-state index is 12.1. The van der Waals surface area contributed by atoms with Crippen LogP contribution in [0.5, 0.6) is 0 Å². The Bertz CT molecular complexity index is 781. The molecule has 2 rings (SSSR count). The average molecular weight is 383 g/mol. The van der Waals surface area contributed by atoms with Crippen LogP contribution >= 0.6 is 7.95 Å². The first kappa shape index (κ1) is 20.2. The van der Waals surface area contributed by atoms with E-state index in [0.29, 0.717) is 17.9 Å². The lowest BCUT2D eigenvalue weighted by atomic mass is 10.2. The maximum atomic E-state index is 12.1. The molecule has 3 atom stereocenters. The van der Waals surface area contributed by atoms with Crippen LogP contribution < -0.4 is 10.8 Å². The van der Waals surface area contributed by atoms with Crippen LogP contribution in [0.1, 0.15) is 33.4 Å². The maximum Gasteiger partial charge on any atom is 0.461 e. The van der Waals surface area contributed by atoms with Gasteiger partial charge in [0.2, 0.25) is 0 Å². The predicted octanol–water partition coefficient (Wildman–Crippen LogP) is 1.28. The van der Waals surface area contributed by atoms with Gasteiger partial charge in [-0.3, -0.25) is 4.79 Å². The van der Waals surface area contributed by atoms with Gasteiger partial charge >= 0.3 is 13.9 Å². The first-order valence-electron chi connectivity index (χ1n) is 8.24. The highest BCUT2D eigenvalue weighted by Crippen LogP contribution is 2.19. The molecular formula is C15H24N6O4P+. The quantitative estimate of drug-likeness (QED) is 0.485. The molecule has 0 saturated heterocycles. The second-order valence-electron chi connectivity index (χ2n) is 6.16. The number of anilines is 1. The van der Waals surface area contributed by atoms with Crippen LogP contribution in [0.15, 0.2) is 12.5 Å². The molecule has 1 unspecified atom stereocenters. The second kappa shape index (κ2) is 8.98. The first-order chi connectivity index (χ1) is 12.3. The number of hydrogen-bond acceptors (Lipinski definition) is 8. The molecule has 26 heavy (non-hydrogen) atoms. The number of rotatable bonds is 9. The number of nitrogens with zero attached hydrogens (tertiary/aromatic N) is 4. The van der Waals surface area contributed by atoms with Crippen molar-refractivity contribution in [3.05, 3.63) is 18.2 Å². The van der Waals surface area contributed by atoms with Crippen LogP contribution in [-0.4, -0.2) is 50.1 Å². The van der Waals surface area contributed by atoms with Gasteiger partial charge in [0.25, 0.3) is 6.35 Å². The second-order valence-corrected chi connectivity index (χ2v) is 7.43. The van der Waals surface area contributed by atoms with Crippen molar-refractivity contribution < 1.29 is 18.8 Å². The minimum Gasteiger partial charge on any atom is -0.462 e. The molecule has 2 heterocycles. The van der Waals surface area contributed by atoms with Crippen LogP contribution in [0.25, 0.3) is 5.65 Å². The Morgan fingerprint density at radius 3 is 2.77 bits per heavy atom. The van der Waals surface area contributed by atoms with E-state index < -0.39 is 20.0 Å². The predicted molar refractivity (Wildman–Crippen MR) is 95.7 cm³/mol. The first-order valence-corrected chi connectivity index (χ1v) is 9.68. The minimum atomic E-state index is -1.90. The number of nitrogens with two attached hydrogens (primary N) is 1. The van der Waals surface area contributed by atoms with Crippen molar-refractivity contribution in [2.45, 2.75) is 52.4 Å². The largest absolute Gasteiger partial charge is 0.462 e. The fraction of sp³-hybridized carbons (Fsp3) is 0.600. The molecule has 0 spiro atoms. The zero-order valence-electron chi connectivity index (χ0n) is 15.2. The van der Waals surface area contributed by atoms with Gasteiger partial charge in [0.1, 0.15) is 12.4 Å². The van der Waals surface area contributed by atoms with Gasteiger partial charge in [0.05, 0.1) is 24.1 Å². The zero-order valence-corrected chi connectivity index (χ0v) is 16.1. The van der Waals surface area contributed by atoms with Gasteiger partial charge in [-0.25, -0.2) is 14.5 Å². The number of carbonyl (C=O) groups is 1. The van der Waals surface area contributed by atoms with Crippen LogP contribution in [0, 0.1) is 0 Å². The number of aromatic nitrogens is 4. The summed E-state index contributed by atoms with van der Waals surface area (Å²) >= 11 is 0. The third-order valence-electron chi connectivity index (χ3n) is 3.42. The molecule has 0 saturated carbocycles. The molecule has 142 valence electrons. The molecule has 10 nitrogen and oxygen atoms in total. The van der Waals surface area contributed by atoms with Crippen molar-refractivity contribution in [1.82, 2.24) is 24.7 Å². The summed E-state index contributed by atoms with van der Waals surface area (Å²) in [5.74, 6) is -0.145. The van der Waals surface area contributed by atoms with E-state index in [-0.39, 0.29) is 18.6 Å². The van der Waals surface area contributed by atoms with E-state index >= 15 is 0 Å². The summed E-state index contributed by atoms with van der Waals surface area (Å²) in [7, 11) is -1.90. The Morgan fingerprint density at radius 2 is 2.08 bits per heavy atom. The molecule has 11 heteroatoms. The summed E-state index contributed by atoms with van der Waals surface area (Å²) in [6, 6.07) is -0.668. The number of carbonyl (C=O) groups excluding carboxylic acids is 1. The summed E-state index contributed by atoms with van der Waals surface area (Å²) in [6.45, 7) is 6.97. The SMILES string of the molecule is CC(C)OC(=O)[C@H](C)N[P+](=O)CO[C@H](C)Cc1cnc2c(N)ncnn12. The number of nitrogen functional groups attached to an aromatic ring is 1. The molecule has 0 aliphatic rings. The minimum absolute atomic E-state index is 0.0241. The highest BCUT2D eigenvalue weighted by atomic mass is 31.1. The van der Waals surface area contributed by atoms with Gasteiger partial charge in [0.15, 0.2) is 11.5 Å². The lowest BCUT2D eigenvalue weighted by molar-refractivity contribution is -0.148. The number of nitrogens with one attached hydrogen (secondary N) is 1. The van der Waals surface area contributed by atoms with E-state index in [1.807, 2.05) is 6.92 Å². The Balaban J connectivity index is 1.82. The summed E-state index contributed by atoms with van der Waals surface area (Å²) in [4.78, 5) is 19.8. The fourth-order valence-electron chi connectivity index (χ4n) is 2.21. The summed E-state index contributed by atoms with van der Waals surface area (Å²) < 4.78 is 24.3. The highest BCUT2D eigenvalue weighted by Gasteiger charge is 2.27. The molecule has 3 N–H and O–H groups in total. The molecule has 2 aromatic heterocycles. The summed E-state index contributed by atoms with van der Waals surface area (Å²) in [5.41, 5.74) is 7.04. The van der Waals surface area contributed by atoms with Crippen molar-refractivity contribution in [2.24, 2.45) is 0 Å². The fourth-order valence-corrected chi connectivity index (χ4v) is 3.21. The van der Waals surface area contributed by atoms with E-state index in [9.17, 15) is 9.36 Å². The third-order valence-corrected chi connectivity index (χ3v) is 4.48. The standard InChI is InChI=1S/C15H24N6O4P/c1-9(2)25-15(22)11(4)20-26(23)8-24-10(3)5-12-6-17-14-13(16)18-7-19-21(12)14/h6-7,9-11H,5,8H2,1-4H3,(H,20,23)(H2,16,18,19)/q+1/t10-,11+/m1/s1. The van der Waals surface area contributed by atoms with Gasteiger partial charge < -0.3 is 15.2 Å². The van der Waals surface area contributed by atoms with Gasteiger partial charge in [-0.15, -0.1) is 0 Å². The van der Waals surface area contributed by atoms with Gasteiger partial charge in [-0.1, -0.05) is 5.09 Å². The highest BCUT2D eigenvalue weighted by molar-refractivity contribution is 7.42. The average Bonchev–Trinajstić information content (AvgIpc) is 2.96. The van der Waals surface area contributed by atoms with Crippen molar-refractivity contribution in [1.29, 1.82) is 0 Å². The molecule has 0 bridgehead atoms. The third kappa shape index (κ3) is 5.42. The normalized spacial score (nSPS) is 14.4. The Hall–Kier alpha value is -2.16. The van der Waals surface area contributed by atoms with E-state index in [1.165, 1.54) is 6.33 Å². The van der Waals surface area contributed by atoms with E-state index in [2.05, 4.69) is 20.2 Å². The molecule has 2 aromatic rings. The van der Waals surface area contributed by atoms with Crippen molar-refractivity contribution in [3.8, 4) is 0 Å². The zero-order chi connectivity index (χ0) is 19.3. The van der Waals surface area contributed by atoms with Gasteiger partial charge in [0, 0.05) is 6.42 Å². The van der Waals surface area contributed by atoms with Crippen LogP contribution in [0.2, 0.25) is 0 Å². The monoisotopic (exact) mass is 383 g/mol. The molecule has 0 aliphatic carbocycles. The smallest absolute Gasteiger partial charge is 0.461 e. The topological polar surface area (TPSA) is 134 Å². The van der Waals surface area contributed by atoms with E-state index in [0.717, 1.165) is 5.69 Å². The summed E-state index contributed by atoms with van der Waals surface area (Å²) in [6.07, 6.45) is 3.05. The Labute approximate surface area is 152 Å². The lowest BCUT2D eigenvalue weighted by Gasteiger charge is -2.11. The van der Waals surface area contributed by atoms with Crippen LogP contribution in [-0.2, 0) is 25.3 Å². The molecular weight excluding hydrogens is 359 g/mol. The number of ether oxygens (including phenoxy) is 2. The van der Waals surface area contributed by atoms with E-state index in [1.54, 1.807) is 31.5 Å². The lowest BCUT2D eigenvalue weighted by Crippen LogP contribution is -2.33. The van der Waals surface area contributed by atoms with Crippen molar-refractivity contribution in [3.63, 3.8) is 0 Å². The number of fused-ring (bicyclic) bond motifs is 1. The Kier molecular flexibility index (Phi) is 6.96. The number of esters is 1. The molecule has 0 aromatic carbocycles. The Morgan fingerprint density at radius 1 is 1.35 bits per heavy atom. The van der Waals surface area contributed by atoms with E-state index in [4.69, 9.17) is 15.2 Å². The molecule has 0 fully saturated rings. The molecule has 0 amide bonds. The molecule has 0 radical (unpaired) electrons.